The van der Waals surface area contributed by atoms with Crippen LogP contribution >= 0.6 is 0 Å². The van der Waals surface area contributed by atoms with Gasteiger partial charge in [-0.1, -0.05) is 18.2 Å². The third-order valence-corrected chi connectivity index (χ3v) is 3.47. The molecular weight excluding hydrogens is 244 g/mol. The number of rotatable bonds is 4. The summed E-state index contributed by atoms with van der Waals surface area (Å²) in [6.07, 6.45) is 1.12. The van der Waals surface area contributed by atoms with Gasteiger partial charge in [0.25, 0.3) is 0 Å². The molecule has 0 spiro atoms. The smallest absolute Gasteiger partial charge is 0.240 e. The highest BCUT2D eigenvalue weighted by Gasteiger charge is 2.35. The molecule has 1 fully saturated rings. The maximum Gasteiger partial charge on any atom is 0.240 e. The standard InChI is InChI=1S/C14H20N2O3/c1-18-12-5-3-2-4-11(12)10-16-13(17)14(15)6-8-19-9-7-14/h2-5H,6-10,15H2,1H3,(H,16,17). The third kappa shape index (κ3) is 3.24. The van der Waals surface area contributed by atoms with Crippen LogP contribution in [-0.2, 0) is 16.1 Å². The first-order valence-corrected chi connectivity index (χ1v) is 6.42. The molecule has 5 heteroatoms. The predicted octanol–water partition coefficient (Wildman–Crippen LogP) is 0.819. The van der Waals surface area contributed by atoms with Crippen LogP contribution in [0.1, 0.15) is 18.4 Å². The Hall–Kier alpha value is -1.59. The quantitative estimate of drug-likeness (QED) is 0.844. The second-order valence-corrected chi connectivity index (χ2v) is 4.76. The van der Waals surface area contributed by atoms with E-state index in [0.29, 0.717) is 32.6 Å². The van der Waals surface area contributed by atoms with E-state index in [1.165, 1.54) is 0 Å². The molecule has 1 amide bonds. The van der Waals surface area contributed by atoms with E-state index in [2.05, 4.69) is 5.32 Å². The summed E-state index contributed by atoms with van der Waals surface area (Å²) in [4.78, 5) is 12.2. The van der Waals surface area contributed by atoms with Crippen LogP contribution in [0, 0.1) is 0 Å². The van der Waals surface area contributed by atoms with Crippen molar-refractivity contribution in [3.63, 3.8) is 0 Å². The summed E-state index contributed by atoms with van der Waals surface area (Å²) in [6, 6.07) is 7.60. The Morgan fingerprint density at radius 3 is 2.79 bits per heavy atom. The lowest BCUT2D eigenvalue weighted by atomic mass is 9.90. The molecular formula is C14H20N2O3. The maximum absolute atomic E-state index is 12.2. The fourth-order valence-corrected chi connectivity index (χ4v) is 2.16. The second-order valence-electron chi connectivity index (χ2n) is 4.76. The lowest BCUT2D eigenvalue weighted by molar-refractivity contribution is -0.129. The van der Waals surface area contributed by atoms with Crippen molar-refractivity contribution in [2.45, 2.75) is 24.9 Å². The molecule has 1 aliphatic rings. The Morgan fingerprint density at radius 2 is 2.11 bits per heavy atom. The Kier molecular flexibility index (Phi) is 4.39. The molecule has 0 aliphatic carbocycles. The van der Waals surface area contributed by atoms with Crippen molar-refractivity contribution in [1.82, 2.24) is 5.32 Å². The van der Waals surface area contributed by atoms with Crippen LogP contribution < -0.4 is 15.8 Å². The Labute approximate surface area is 113 Å². The molecule has 1 aliphatic heterocycles. The number of benzene rings is 1. The molecule has 0 saturated carbocycles. The van der Waals surface area contributed by atoms with Crippen molar-refractivity contribution < 1.29 is 14.3 Å². The third-order valence-electron chi connectivity index (χ3n) is 3.47. The number of carbonyl (C=O) groups excluding carboxylic acids is 1. The van der Waals surface area contributed by atoms with Gasteiger partial charge in [0.15, 0.2) is 0 Å². The van der Waals surface area contributed by atoms with Gasteiger partial charge in [0, 0.05) is 25.3 Å². The Morgan fingerprint density at radius 1 is 1.42 bits per heavy atom. The first kappa shape index (κ1) is 13.8. The van der Waals surface area contributed by atoms with Crippen LogP contribution in [0.25, 0.3) is 0 Å². The van der Waals surface area contributed by atoms with E-state index in [1.54, 1.807) is 7.11 Å². The number of carbonyl (C=O) groups is 1. The molecule has 0 bridgehead atoms. The van der Waals surface area contributed by atoms with Crippen molar-refractivity contribution in [2.75, 3.05) is 20.3 Å². The number of methoxy groups -OCH3 is 1. The summed E-state index contributed by atoms with van der Waals surface area (Å²) in [5.41, 5.74) is 6.25. The van der Waals surface area contributed by atoms with Gasteiger partial charge in [-0.25, -0.2) is 0 Å². The zero-order chi connectivity index (χ0) is 13.7. The number of nitrogens with two attached hydrogens (primary N) is 1. The number of nitrogens with one attached hydrogen (secondary N) is 1. The molecule has 19 heavy (non-hydrogen) atoms. The van der Waals surface area contributed by atoms with Crippen LogP contribution in [0.2, 0.25) is 0 Å². The highest BCUT2D eigenvalue weighted by atomic mass is 16.5. The molecule has 0 unspecified atom stereocenters. The zero-order valence-electron chi connectivity index (χ0n) is 11.1. The van der Waals surface area contributed by atoms with Crippen LogP contribution in [0.5, 0.6) is 5.75 Å². The van der Waals surface area contributed by atoms with E-state index in [4.69, 9.17) is 15.2 Å². The van der Waals surface area contributed by atoms with Crippen molar-refractivity contribution >= 4 is 5.91 Å². The Bertz CT molecular complexity index is 442. The van der Waals surface area contributed by atoms with Gasteiger partial charge in [0.05, 0.1) is 12.6 Å². The van der Waals surface area contributed by atoms with Crippen molar-refractivity contribution in [2.24, 2.45) is 5.73 Å². The largest absolute Gasteiger partial charge is 0.496 e. The number of hydrogen-bond acceptors (Lipinski definition) is 4. The average molecular weight is 264 g/mol. The van der Waals surface area contributed by atoms with E-state index >= 15 is 0 Å². The second kappa shape index (κ2) is 6.04. The predicted molar refractivity (Wildman–Crippen MR) is 71.8 cm³/mol. The van der Waals surface area contributed by atoms with Gasteiger partial charge in [-0.15, -0.1) is 0 Å². The van der Waals surface area contributed by atoms with E-state index < -0.39 is 5.54 Å². The van der Waals surface area contributed by atoms with Gasteiger partial charge in [0.2, 0.25) is 5.91 Å². The molecule has 2 rings (SSSR count). The lowest BCUT2D eigenvalue weighted by Crippen LogP contribution is -2.56. The fourth-order valence-electron chi connectivity index (χ4n) is 2.16. The van der Waals surface area contributed by atoms with E-state index in [9.17, 15) is 4.79 Å². The van der Waals surface area contributed by atoms with Gasteiger partial charge < -0.3 is 20.5 Å². The number of para-hydroxylation sites is 1. The molecule has 1 aromatic rings. The molecule has 5 nitrogen and oxygen atoms in total. The van der Waals surface area contributed by atoms with Crippen LogP contribution in [-0.4, -0.2) is 31.8 Å². The monoisotopic (exact) mass is 264 g/mol. The first-order valence-electron chi connectivity index (χ1n) is 6.42. The maximum atomic E-state index is 12.2. The number of ether oxygens (including phenoxy) is 2. The van der Waals surface area contributed by atoms with Crippen LogP contribution in [0.3, 0.4) is 0 Å². The van der Waals surface area contributed by atoms with Crippen molar-refractivity contribution in [3.8, 4) is 5.75 Å². The average Bonchev–Trinajstić information content (AvgIpc) is 2.45. The minimum Gasteiger partial charge on any atom is -0.496 e. The van der Waals surface area contributed by atoms with Gasteiger partial charge in [-0.2, -0.15) is 0 Å². The van der Waals surface area contributed by atoms with E-state index in [-0.39, 0.29) is 5.91 Å². The topological polar surface area (TPSA) is 73.6 Å². The number of amides is 1. The summed E-state index contributed by atoms with van der Waals surface area (Å²) in [7, 11) is 1.61. The minimum absolute atomic E-state index is 0.123. The van der Waals surface area contributed by atoms with Gasteiger partial charge in [0.1, 0.15) is 5.75 Å². The lowest BCUT2D eigenvalue weighted by Gasteiger charge is -2.31. The molecule has 1 heterocycles. The highest BCUT2D eigenvalue weighted by molar-refractivity contribution is 5.86. The van der Waals surface area contributed by atoms with E-state index in [1.807, 2.05) is 24.3 Å². The van der Waals surface area contributed by atoms with Gasteiger partial charge >= 0.3 is 0 Å². The van der Waals surface area contributed by atoms with Gasteiger partial charge in [-0.3, -0.25) is 4.79 Å². The summed E-state index contributed by atoms with van der Waals surface area (Å²) >= 11 is 0. The summed E-state index contributed by atoms with van der Waals surface area (Å²) in [5, 5.41) is 2.88. The van der Waals surface area contributed by atoms with Crippen molar-refractivity contribution in [3.05, 3.63) is 29.8 Å². The van der Waals surface area contributed by atoms with E-state index in [0.717, 1.165) is 11.3 Å². The first-order chi connectivity index (χ1) is 9.15. The normalized spacial score (nSPS) is 17.8. The molecule has 0 aromatic heterocycles. The zero-order valence-corrected chi connectivity index (χ0v) is 11.1. The Balaban J connectivity index is 1.96. The molecule has 3 N–H and O–H groups in total. The van der Waals surface area contributed by atoms with Crippen LogP contribution in [0.15, 0.2) is 24.3 Å². The molecule has 104 valence electrons. The molecule has 0 radical (unpaired) electrons. The summed E-state index contributed by atoms with van der Waals surface area (Å²) < 4.78 is 10.5. The van der Waals surface area contributed by atoms with Gasteiger partial charge in [-0.05, 0) is 18.9 Å². The van der Waals surface area contributed by atoms with Crippen LogP contribution in [0.4, 0.5) is 0 Å². The fraction of sp³-hybridized carbons (Fsp3) is 0.500. The highest BCUT2D eigenvalue weighted by Crippen LogP contribution is 2.20. The SMILES string of the molecule is COc1ccccc1CNC(=O)C1(N)CCOCC1. The minimum atomic E-state index is -0.805. The summed E-state index contributed by atoms with van der Waals surface area (Å²) in [6.45, 7) is 1.50. The number of hydrogen-bond donors (Lipinski definition) is 2. The summed E-state index contributed by atoms with van der Waals surface area (Å²) in [5.74, 6) is 0.641. The molecule has 1 saturated heterocycles. The molecule has 0 atom stereocenters. The van der Waals surface area contributed by atoms with Crippen molar-refractivity contribution in [1.29, 1.82) is 0 Å². The molecule has 1 aromatic carbocycles.